The molecule has 0 aliphatic heterocycles. The van der Waals surface area contributed by atoms with E-state index in [9.17, 15) is 0 Å². The van der Waals surface area contributed by atoms with E-state index < -0.39 is 5.54 Å². The highest BCUT2D eigenvalue weighted by Crippen LogP contribution is 2.14. The molecule has 0 bridgehead atoms. The lowest BCUT2D eigenvalue weighted by molar-refractivity contribution is 0.147. The summed E-state index contributed by atoms with van der Waals surface area (Å²) in [5, 5.41) is 21.0. The monoisotopic (exact) mass is 260 g/mol. The van der Waals surface area contributed by atoms with E-state index in [1.807, 2.05) is 6.07 Å². The van der Waals surface area contributed by atoms with Crippen LogP contribution in [0.25, 0.3) is 0 Å². The van der Waals surface area contributed by atoms with Gasteiger partial charge in [0.25, 0.3) is 0 Å². The number of aliphatic hydroxyl groups excluding tert-OH is 2. The highest BCUT2D eigenvalue weighted by molar-refractivity contribution is 9.10. The SMILES string of the molecule is CC(CO)(CO)Nc1ccc(Br)cn1. The lowest BCUT2D eigenvalue weighted by Crippen LogP contribution is -2.42. The van der Waals surface area contributed by atoms with E-state index in [-0.39, 0.29) is 13.2 Å². The highest BCUT2D eigenvalue weighted by atomic mass is 79.9. The van der Waals surface area contributed by atoms with Crippen molar-refractivity contribution in [3.8, 4) is 0 Å². The number of anilines is 1. The topological polar surface area (TPSA) is 65.4 Å². The third-order valence-corrected chi connectivity index (χ3v) is 2.32. The zero-order valence-electron chi connectivity index (χ0n) is 7.87. The van der Waals surface area contributed by atoms with Crippen molar-refractivity contribution in [3.05, 3.63) is 22.8 Å². The van der Waals surface area contributed by atoms with E-state index >= 15 is 0 Å². The Hall–Kier alpha value is -0.650. The summed E-state index contributed by atoms with van der Waals surface area (Å²) < 4.78 is 0.887. The predicted molar refractivity (Wildman–Crippen MR) is 58.1 cm³/mol. The van der Waals surface area contributed by atoms with Crippen LogP contribution in [0.15, 0.2) is 22.8 Å². The van der Waals surface area contributed by atoms with Crippen LogP contribution in [0.5, 0.6) is 0 Å². The first-order valence-electron chi connectivity index (χ1n) is 4.21. The van der Waals surface area contributed by atoms with Crippen LogP contribution in [0, 0.1) is 0 Å². The molecule has 1 rings (SSSR count). The number of nitrogens with zero attached hydrogens (tertiary/aromatic N) is 1. The summed E-state index contributed by atoms with van der Waals surface area (Å²) in [7, 11) is 0. The van der Waals surface area contributed by atoms with Gasteiger partial charge in [0.2, 0.25) is 0 Å². The molecule has 1 heterocycles. The van der Waals surface area contributed by atoms with E-state index in [1.54, 1.807) is 19.2 Å². The van der Waals surface area contributed by atoms with E-state index in [0.29, 0.717) is 5.82 Å². The minimum Gasteiger partial charge on any atom is -0.394 e. The Morgan fingerprint density at radius 3 is 2.50 bits per heavy atom. The Kier molecular flexibility index (Phi) is 3.86. The number of aromatic nitrogens is 1. The van der Waals surface area contributed by atoms with Gasteiger partial charge in [0.15, 0.2) is 0 Å². The highest BCUT2D eigenvalue weighted by Gasteiger charge is 2.21. The molecule has 0 radical (unpaired) electrons. The minimum absolute atomic E-state index is 0.152. The Labute approximate surface area is 91.1 Å². The molecule has 0 spiro atoms. The molecule has 5 heteroatoms. The number of halogens is 1. The standard InChI is InChI=1S/C9H13BrN2O2/c1-9(5-13,6-14)12-8-3-2-7(10)4-11-8/h2-4,13-14H,5-6H2,1H3,(H,11,12). The maximum Gasteiger partial charge on any atom is 0.126 e. The fourth-order valence-electron chi connectivity index (χ4n) is 0.888. The van der Waals surface area contributed by atoms with Gasteiger partial charge < -0.3 is 15.5 Å². The van der Waals surface area contributed by atoms with Crippen LogP contribution < -0.4 is 5.32 Å². The number of nitrogens with one attached hydrogen (secondary N) is 1. The molecule has 3 N–H and O–H groups in total. The van der Waals surface area contributed by atoms with Gasteiger partial charge in [0.1, 0.15) is 5.82 Å². The van der Waals surface area contributed by atoms with Crippen LogP contribution in [0.1, 0.15) is 6.92 Å². The van der Waals surface area contributed by atoms with Crippen molar-refractivity contribution in [2.24, 2.45) is 0 Å². The first kappa shape index (κ1) is 11.4. The molecule has 0 amide bonds. The fraction of sp³-hybridized carbons (Fsp3) is 0.444. The Morgan fingerprint density at radius 1 is 1.43 bits per heavy atom. The van der Waals surface area contributed by atoms with Gasteiger partial charge in [-0.2, -0.15) is 0 Å². The van der Waals surface area contributed by atoms with Crippen LogP contribution in [0.4, 0.5) is 5.82 Å². The third-order valence-electron chi connectivity index (χ3n) is 1.86. The number of aliphatic hydroxyl groups is 2. The average molecular weight is 261 g/mol. The van der Waals surface area contributed by atoms with Gasteiger partial charge in [-0.1, -0.05) is 0 Å². The molecule has 0 aromatic carbocycles. The Morgan fingerprint density at radius 2 is 2.07 bits per heavy atom. The lowest BCUT2D eigenvalue weighted by Gasteiger charge is -2.26. The quantitative estimate of drug-likeness (QED) is 0.756. The fourth-order valence-corrected chi connectivity index (χ4v) is 1.12. The molecular weight excluding hydrogens is 248 g/mol. The van der Waals surface area contributed by atoms with Gasteiger partial charge >= 0.3 is 0 Å². The first-order valence-corrected chi connectivity index (χ1v) is 5.00. The van der Waals surface area contributed by atoms with Gasteiger partial charge in [-0.15, -0.1) is 0 Å². The zero-order valence-corrected chi connectivity index (χ0v) is 9.45. The average Bonchev–Trinajstić information content (AvgIpc) is 2.21. The van der Waals surface area contributed by atoms with Gasteiger partial charge in [-0.3, -0.25) is 0 Å². The molecule has 1 aromatic heterocycles. The first-order chi connectivity index (χ1) is 6.59. The third kappa shape index (κ3) is 2.94. The van der Waals surface area contributed by atoms with Crippen LogP contribution in [0.3, 0.4) is 0 Å². The van der Waals surface area contributed by atoms with Crippen molar-refractivity contribution < 1.29 is 10.2 Å². The molecule has 1 aromatic rings. The summed E-state index contributed by atoms with van der Waals surface area (Å²) in [6.45, 7) is 1.42. The Balaban J connectivity index is 2.72. The van der Waals surface area contributed by atoms with Crippen molar-refractivity contribution in [2.75, 3.05) is 18.5 Å². The molecule has 4 nitrogen and oxygen atoms in total. The number of rotatable bonds is 4. The van der Waals surface area contributed by atoms with Crippen LogP contribution >= 0.6 is 15.9 Å². The lowest BCUT2D eigenvalue weighted by atomic mass is 10.1. The summed E-state index contributed by atoms with van der Waals surface area (Å²) in [6, 6.07) is 3.61. The summed E-state index contributed by atoms with van der Waals surface area (Å²) in [4.78, 5) is 4.08. The second kappa shape index (κ2) is 4.72. The van der Waals surface area contributed by atoms with Crippen molar-refractivity contribution in [1.29, 1.82) is 0 Å². The summed E-state index contributed by atoms with van der Waals surface area (Å²) in [5.74, 6) is 0.624. The summed E-state index contributed by atoms with van der Waals surface area (Å²) in [6.07, 6.45) is 1.65. The van der Waals surface area contributed by atoms with Gasteiger partial charge in [0.05, 0.1) is 18.8 Å². The number of hydrogen-bond acceptors (Lipinski definition) is 4. The number of hydrogen-bond donors (Lipinski definition) is 3. The van der Waals surface area contributed by atoms with E-state index in [1.165, 1.54) is 0 Å². The second-order valence-electron chi connectivity index (χ2n) is 3.36. The Bertz CT molecular complexity index is 285. The molecule has 0 aliphatic carbocycles. The smallest absolute Gasteiger partial charge is 0.126 e. The second-order valence-corrected chi connectivity index (χ2v) is 4.28. The van der Waals surface area contributed by atoms with Crippen LogP contribution in [-0.4, -0.2) is 33.9 Å². The zero-order chi connectivity index (χ0) is 10.6. The molecule has 0 unspecified atom stereocenters. The van der Waals surface area contributed by atoms with Crippen LogP contribution in [-0.2, 0) is 0 Å². The molecule has 0 fully saturated rings. The number of pyridine rings is 1. The summed E-state index contributed by atoms with van der Waals surface area (Å²) >= 11 is 3.27. The van der Waals surface area contributed by atoms with Gasteiger partial charge in [-0.25, -0.2) is 4.98 Å². The maximum absolute atomic E-state index is 9.04. The normalized spacial score (nSPS) is 11.4. The molecule has 14 heavy (non-hydrogen) atoms. The molecule has 0 saturated carbocycles. The van der Waals surface area contributed by atoms with E-state index in [2.05, 4.69) is 26.2 Å². The van der Waals surface area contributed by atoms with Crippen molar-refractivity contribution in [3.63, 3.8) is 0 Å². The summed E-state index contributed by atoms with van der Waals surface area (Å²) in [5.41, 5.74) is -0.735. The molecule has 0 saturated heterocycles. The van der Waals surface area contributed by atoms with E-state index in [0.717, 1.165) is 4.47 Å². The van der Waals surface area contributed by atoms with E-state index in [4.69, 9.17) is 10.2 Å². The minimum atomic E-state index is -0.735. The largest absolute Gasteiger partial charge is 0.394 e. The molecule has 0 aliphatic rings. The van der Waals surface area contributed by atoms with Crippen LogP contribution in [0.2, 0.25) is 0 Å². The predicted octanol–water partition coefficient (Wildman–Crippen LogP) is 0.999. The van der Waals surface area contributed by atoms with Crippen molar-refractivity contribution >= 4 is 21.7 Å². The molecular formula is C9H13BrN2O2. The molecule has 78 valence electrons. The van der Waals surface area contributed by atoms with Crippen molar-refractivity contribution in [2.45, 2.75) is 12.5 Å². The van der Waals surface area contributed by atoms with Crippen molar-refractivity contribution in [1.82, 2.24) is 4.98 Å². The van der Waals surface area contributed by atoms with Gasteiger partial charge in [-0.05, 0) is 35.0 Å². The van der Waals surface area contributed by atoms with Gasteiger partial charge in [0, 0.05) is 10.7 Å². The molecule has 0 atom stereocenters. The maximum atomic E-state index is 9.04.